The number of fused-ring (bicyclic) bond motifs is 1. The Kier molecular flexibility index (Phi) is 4.21. The molecule has 2 aromatic carbocycles. The zero-order valence-electron chi connectivity index (χ0n) is 13.8. The lowest BCUT2D eigenvalue weighted by molar-refractivity contribution is 0.355. The molecule has 0 fully saturated rings. The molecule has 5 heteroatoms. The minimum Gasteiger partial charge on any atom is -0.493 e. The van der Waals surface area contributed by atoms with Gasteiger partial charge < -0.3 is 14.5 Å². The second-order valence-electron chi connectivity index (χ2n) is 5.28. The number of para-hydroxylation sites is 2. The number of H-pyrrole nitrogens is 1. The van der Waals surface area contributed by atoms with E-state index in [9.17, 15) is 5.26 Å². The number of aromatic amines is 1. The van der Waals surface area contributed by atoms with Gasteiger partial charge in [-0.15, -0.1) is 0 Å². The van der Waals surface area contributed by atoms with Gasteiger partial charge in [-0.05, 0) is 42.3 Å². The normalized spacial score (nSPS) is 11.8. The van der Waals surface area contributed by atoms with Gasteiger partial charge in [0.15, 0.2) is 11.5 Å². The molecule has 0 saturated heterocycles. The van der Waals surface area contributed by atoms with Crippen molar-refractivity contribution in [1.29, 1.82) is 5.26 Å². The average Bonchev–Trinajstić information content (AvgIpc) is 3.05. The molecule has 120 valence electrons. The third-order valence-corrected chi connectivity index (χ3v) is 3.93. The lowest BCUT2D eigenvalue weighted by atomic mass is 10.0. The van der Waals surface area contributed by atoms with Gasteiger partial charge in [0.05, 0.1) is 30.8 Å². The van der Waals surface area contributed by atoms with Gasteiger partial charge in [0.2, 0.25) is 0 Å². The summed E-state index contributed by atoms with van der Waals surface area (Å²) < 4.78 is 10.6. The number of aromatic nitrogens is 2. The first-order chi connectivity index (χ1) is 11.7. The van der Waals surface area contributed by atoms with Crippen molar-refractivity contribution in [2.75, 3.05) is 14.2 Å². The molecule has 24 heavy (non-hydrogen) atoms. The van der Waals surface area contributed by atoms with Crippen molar-refractivity contribution in [1.82, 2.24) is 9.97 Å². The predicted molar refractivity (Wildman–Crippen MR) is 93.7 cm³/mol. The molecule has 0 aliphatic rings. The fourth-order valence-electron chi connectivity index (χ4n) is 2.60. The Hall–Kier alpha value is -3.26. The molecule has 0 atom stereocenters. The van der Waals surface area contributed by atoms with E-state index in [1.165, 1.54) is 0 Å². The third-order valence-electron chi connectivity index (χ3n) is 3.93. The van der Waals surface area contributed by atoms with Gasteiger partial charge >= 0.3 is 0 Å². The van der Waals surface area contributed by atoms with Crippen LogP contribution in [-0.4, -0.2) is 24.2 Å². The van der Waals surface area contributed by atoms with Crippen LogP contribution >= 0.6 is 0 Å². The smallest absolute Gasteiger partial charge is 0.161 e. The number of hydrogen-bond acceptors (Lipinski definition) is 4. The maximum absolute atomic E-state index is 9.64. The molecular weight excluding hydrogens is 302 g/mol. The maximum atomic E-state index is 9.64. The number of hydrogen-bond donors (Lipinski definition) is 1. The summed E-state index contributed by atoms with van der Waals surface area (Å²) in [6.45, 7) is 1.90. The highest BCUT2D eigenvalue weighted by Gasteiger charge is 2.14. The van der Waals surface area contributed by atoms with Crippen LogP contribution in [-0.2, 0) is 0 Å². The Morgan fingerprint density at radius 2 is 1.83 bits per heavy atom. The second-order valence-corrected chi connectivity index (χ2v) is 5.28. The van der Waals surface area contributed by atoms with Gasteiger partial charge in [0.1, 0.15) is 11.9 Å². The lowest BCUT2D eigenvalue weighted by Crippen LogP contribution is -1.94. The van der Waals surface area contributed by atoms with Crippen LogP contribution in [0.2, 0.25) is 0 Å². The molecular formula is C19H17N3O2. The molecule has 0 aliphatic carbocycles. The van der Waals surface area contributed by atoms with Gasteiger partial charge in [-0.25, -0.2) is 4.98 Å². The van der Waals surface area contributed by atoms with Gasteiger partial charge in [0.25, 0.3) is 0 Å². The van der Waals surface area contributed by atoms with Crippen molar-refractivity contribution in [3.05, 3.63) is 53.9 Å². The quantitative estimate of drug-likeness (QED) is 0.737. The molecule has 0 amide bonds. The second kappa shape index (κ2) is 6.47. The molecule has 3 aromatic rings. The van der Waals surface area contributed by atoms with Gasteiger partial charge in [-0.1, -0.05) is 18.2 Å². The van der Waals surface area contributed by atoms with E-state index in [1.807, 2.05) is 49.4 Å². The monoisotopic (exact) mass is 319 g/mol. The molecule has 0 radical (unpaired) electrons. The van der Waals surface area contributed by atoms with Crippen molar-refractivity contribution in [2.24, 2.45) is 0 Å². The van der Waals surface area contributed by atoms with Crippen LogP contribution in [0, 0.1) is 11.3 Å². The summed E-state index contributed by atoms with van der Waals surface area (Å²) in [7, 11) is 3.18. The summed E-state index contributed by atoms with van der Waals surface area (Å²) in [5.74, 6) is 1.83. The molecule has 0 bridgehead atoms. The Bertz CT molecular complexity index is 931. The molecule has 0 saturated carbocycles. The predicted octanol–water partition coefficient (Wildman–Crippen LogP) is 4.03. The summed E-state index contributed by atoms with van der Waals surface area (Å²) in [5.41, 5.74) is 3.93. The summed E-state index contributed by atoms with van der Waals surface area (Å²) >= 11 is 0. The van der Waals surface area contributed by atoms with E-state index in [0.29, 0.717) is 22.9 Å². The zero-order chi connectivity index (χ0) is 17.1. The van der Waals surface area contributed by atoms with Gasteiger partial charge in [-0.2, -0.15) is 5.26 Å². The minimum absolute atomic E-state index is 0.499. The SMILES string of the molecule is COc1ccc(C(C)=C(C#N)c2nc3ccccc3[nH]2)cc1OC. The number of nitriles is 1. The number of nitrogens with zero attached hydrogens (tertiary/aromatic N) is 2. The molecule has 1 heterocycles. The van der Waals surface area contributed by atoms with E-state index in [-0.39, 0.29) is 0 Å². The first-order valence-electron chi connectivity index (χ1n) is 7.46. The Morgan fingerprint density at radius 1 is 1.08 bits per heavy atom. The van der Waals surface area contributed by atoms with E-state index in [2.05, 4.69) is 16.0 Å². The Morgan fingerprint density at radius 3 is 2.50 bits per heavy atom. The van der Waals surface area contributed by atoms with Crippen molar-refractivity contribution >= 4 is 22.2 Å². The van der Waals surface area contributed by atoms with Crippen LogP contribution in [0.5, 0.6) is 11.5 Å². The molecule has 0 aliphatic heterocycles. The molecule has 0 spiro atoms. The van der Waals surface area contributed by atoms with Crippen LogP contribution in [0.4, 0.5) is 0 Å². The highest BCUT2D eigenvalue weighted by atomic mass is 16.5. The minimum atomic E-state index is 0.499. The maximum Gasteiger partial charge on any atom is 0.161 e. The highest BCUT2D eigenvalue weighted by Crippen LogP contribution is 2.33. The van der Waals surface area contributed by atoms with Crippen LogP contribution in [0.1, 0.15) is 18.3 Å². The number of nitrogens with one attached hydrogen (secondary N) is 1. The van der Waals surface area contributed by atoms with Gasteiger partial charge in [0, 0.05) is 0 Å². The largest absolute Gasteiger partial charge is 0.493 e. The number of ether oxygens (including phenoxy) is 2. The third kappa shape index (κ3) is 2.70. The molecule has 0 unspecified atom stereocenters. The molecule has 5 nitrogen and oxygen atoms in total. The van der Waals surface area contributed by atoms with E-state index in [4.69, 9.17) is 9.47 Å². The van der Waals surface area contributed by atoms with Crippen molar-refractivity contribution in [3.8, 4) is 17.6 Å². The first-order valence-corrected chi connectivity index (χ1v) is 7.46. The fourth-order valence-corrected chi connectivity index (χ4v) is 2.60. The Balaban J connectivity index is 2.12. The van der Waals surface area contributed by atoms with Crippen LogP contribution in [0.3, 0.4) is 0 Å². The van der Waals surface area contributed by atoms with E-state index in [0.717, 1.165) is 22.2 Å². The van der Waals surface area contributed by atoms with Crippen molar-refractivity contribution < 1.29 is 9.47 Å². The molecule has 1 aromatic heterocycles. The van der Waals surface area contributed by atoms with Crippen LogP contribution in [0.15, 0.2) is 42.5 Å². The summed E-state index contributed by atoms with van der Waals surface area (Å²) in [4.78, 5) is 7.72. The summed E-state index contributed by atoms with van der Waals surface area (Å²) in [6, 6.07) is 15.5. The number of rotatable bonds is 4. The Labute approximate surface area is 140 Å². The lowest BCUT2D eigenvalue weighted by Gasteiger charge is -2.10. The van der Waals surface area contributed by atoms with E-state index < -0.39 is 0 Å². The zero-order valence-corrected chi connectivity index (χ0v) is 13.8. The standard InChI is InChI=1S/C19H17N3O2/c1-12(13-8-9-17(23-2)18(10-13)24-3)14(11-20)19-21-15-6-4-5-7-16(15)22-19/h4-10H,1-3H3,(H,21,22). The highest BCUT2D eigenvalue weighted by molar-refractivity contribution is 5.96. The first kappa shape index (κ1) is 15.6. The number of benzene rings is 2. The number of methoxy groups -OCH3 is 2. The van der Waals surface area contributed by atoms with Crippen molar-refractivity contribution in [2.45, 2.75) is 6.92 Å². The molecule has 1 N–H and O–H groups in total. The average molecular weight is 319 g/mol. The summed E-state index contributed by atoms with van der Waals surface area (Å²) in [5, 5.41) is 9.64. The van der Waals surface area contributed by atoms with Gasteiger partial charge in [-0.3, -0.25) is 0 Å². The molecule has 3 rings (SSSR count). The van der Waals surface area contributed by atoms with Crippen LogP contribution in [0.25, 0.3) is 22.2 Å². The number of allylic oxidation sites excluding steroid dienone is 2. The topological polar surface area (TPSA) is 70.9 Å². The number of imidazole rings is 1. The van der Waals surface area contributed by atoms with Crippen LogP contribution < -0.4 is 9.47 Å². The van der Waals surface area contributed by atoms with E-state index >= 15 is 0 Å². The van der Waals surface area contributed by atoms with Crippen molar-refractivity contribution in [3.63, 3.8) is 0 Å². The summed E-state index contributed by atoms with van der Waals surface area (Å²) in [6.07, 6.45) is 0. The fraction of sp³-hybridized carbons (Fsp3) is 0.158. The van der Waals surface area contributed by atoms with E-state index in [1.54, 1.807) is 14.2 Å².